The SMILES string of the molecule is COc1cc(CC(CO)[N+](=O)[O-])cc(OC)c1. The van der Waals surface area contributed by atoms with Gasteiger partial charge in [0, 0.05) is 17.4 Å². The molecule has 1 aromatic rings. The van der Waals surface area contributed by atoms with Crippen LogP contribution in [0.1, 0.15) is 5.56 Å². The Morgan fingerprint density at radius 3 is 2.18 bits per heavy atom. The molecule has 0 aromatic heterocycles. The van der Waals surface area contributed by atoms with Crippen molar-refractivity contribution < 1.29 is 19.5 Å². The molecule has 0 radical (unpaired) electrons. The van der Waals surface area contributed by atoms with E-state index in [1.807, 2.05) is 0 Å². The van der Waals surface area contributed by atoms with Gasteiger partial charge in [-0.15, -0.1) is 0 Å². The summed E-state index contributed by atoms with van der Waals surface area (Å²) in [6, 6.07) is 4.05. The fourth-order valence-corrected chi connectivity index (χ4v) is 1.46. The second-order valence-electron chi connectivity index (χ2n) is 3.55. The van der Waals surface area contributed by atoms with Crippen molar-refractivity contribution >= 4 is 0 Å². The maximum Gasteiger partial charge on any atom is 0.239 e. The standard InChI is InChI=1S/C11H15NO5/c1-16-10-4-8(5-11(6-10)17-2)3-9(7-13)12(14)15/h4-6,9,13H,3,7H2,1-2H3. The smallest absolute Gasteiger partial charge is 0.239 e. The Labute approximate surface area is 98.9 Å². The predicted molar refractivity (Wildman–Crippen MR) is 61.1 cm³/mol. The van der Waals surface area contributed by atoms with E-state index in [1.165, 1.54) is 14.2 Å². The molecular formula is C11H15NO5. The second kappa shape index (κ2) is 6.05. The summed E-state index contributed by atoms with van der Waals surface area (Å²) in [6.45, 7) is -0.494. The van der Waals surface area contributed by atoms with Crippen LogP contribution in [0.2, 0.25) is 0 Å². The zero-order chi connectivity index (χ0) is 12.8. The van der Waals surface area contributed by atoms with E-state index in [4.69, 9.17) is 14.6 Å². The van der Waals surface area contributed by atoms with Crippen molar-refractivity contribution in [3.63, 3.8) is 0 Å². The first-order chi connectivity index (χ1) is 8.10. The van der Waals surface area contributed by atoms with Crippen LogP contribution in [0.5, 0.6) is 11.5 Å². The Morgan fingerprint density at radius 2 is 1.82 bits per heavy atom. The number of benzene rings is 1. The minimum absolute atomic E-state index is 0.136. The van der Waals surface area contributed by atoms with Gasteiger partial charge in [0.2, 0.25) is 6.04 Å². The second-order valence-corrected chi connectivity index (χ2v) is 3.55. The Kier molecular flexibility index (Phi) is 4.71. The van der Waals surface area contributed by atoms with Crippen LogP contribution in [0.15, 0.2) is 18.2 Å². The van der Waals surface area contributed by atoms with Crippen LogP contribution in [0.4, 0.5) is 0 Å². The van der Waals surface area contributed by atoms with E-state index < -0.39 is 17.6 Å². The molecule has 0 heterocycles. The van der Waals surface area contributed by atoms with Crippen LogP contribution < -0.4 is 9.47 Å². The van der Waals surface area contributed by atoms with Crippen molar-refractivity contribution in [2.24, 2.45) is 0 Å². The van der Waals surface area contributed by atoms with Crippen molar-refractivity contribution in [3.05, 3.63) is 33.9 Å². The number of rotatable bonds is 6. The highest BCUT2D eigenvalue weighted by Gasteiger charge is 2.20. The topological polar surface area (TPSA) is 81.8 Å². The van der Waals surface area contributed by atoms with Gasteiger partial charge < -0.3 is 14.6 Å². The van der Waals surface area contributed by atoms with E-state index in [1.54, 1.807) is 18.2 Å². The van der Waals surface area contributed by atoms with Gasteiger partial charge in [0.05, 0.1) is 14.2 Å². The first-order valence-electron chi connectivity index (χ1n) is 5.07. The third kappa shape index (κ3) is 3.60. The summed E-state index contributed by atoms with van der Waals surface area (Å²) in [5.74, 6) is 1.14. The van der Waals surface area contributed by atoms with E-state index in [0.717, 1.165) is 0 Å². The Hall–Kier alpha value is -1.82. The predicted octanol–water partition coefficient (Wildman–Crippen LogP) is 0.884. The summed E-state index contributed by atoms with van der Waals surface area (Å²) in [5, 5.41) is 19.5. The van der Waals surface area contributed by atoms with Crippen molar-refractivity contribution in [2.45, 2.75) is 12.5 Å². The maximum atomic E-state index is 10.6. The van der Waals surface area contributed by atoms with Gasteiger partial charge >= 0.3 is 0 Å². The molecule has 0 aliphatic carbocycles. The number of aliphatic hydroxyl groups is 1. The highest BCUT2D eigenvalue weighted by Crippen LogP contribution is 2.23. The van der Waals surface area contributed by atoms with Gasteiger partial charge in [-0.25, -0.2) is 0 Å². The molecule has 0 saturated heterocycles. The molecule has 1 unspecified atom stereocenters. The summed E-state index contributed by atoms with van der Waals surface area (Å²) in [4.78, 5) is 10.1. The first kappa shape index (κ1) is 13.2. The average Bonchev–Trinajstić information content (AvgIpc) is 2.34. The van der Waals surface area contributed by atoms with E-state index in [9.17, 15) is 10.1 Å². The highest BCUT2D eigenvalue weighted by atomic mass is 16.6. The number of nitrogens with zero attached hydrogens (tertiary/aromatic N) is 1. The lowest BCUT2D eigenvalue weighted by atomic mass is 10.1. The molecule has 1 aromatic carbocycles. The molecule has 0 saturated carbocycles. The van der Waals surface area contributed by atoms with Gasteiger partial charge in [-0.2, -0.15) is 0 Å². The largest absolute Gasteiger partial charge is 0.497 e. The third-order valence-electron chi connectivity index (χ3n) is 2.39. The summed E-state index contributed by atoms with van der Waals surface area (Å²) < 4.78 is 10.1. The van der Waals surface area contributed by atoms with Gasteiger partial charge in [0.1, 0.15) is 18.1 Å². The normalized spacial score (nSPS) is 11.9. The summed E-state index contributed by atoms with van der Waals surface area (Å²) in [7, 11) is 3.02. The van der Waals surface area contributed by atoms with Crippen LogP contribution >= 0.6 is 0 Å². The van der Waals surface area contributed by atoms with Crippen molar-refractivity contribution in [1.82, 2.24) is 0 Å². The van der Waals surface area contributed by atoms with E-state index in [0.29, 0.717) is 17.1 Å². The monoisotopic (exact) mass is 241 g/mol. The number of methoxy groups -OCH3 is 2. The summed E-state index contributed by atoms with van der Waals surface area (Å²) >= 11 is 0. The van der Waals surface area contributed by atoms with Gasteiger partial charge in [-0.05, 0) is 17.7 Å². The van der Waals surface area contributed by atoms with Crippen LogP contribution in [0.25, 0.3) is 0 Å². The molecular weight excluding hydrogens is 226 g/mol. The molecule has 0 spiro atoms. The number of hydrogen-bond donors (Lipinski definition) is 1. The summed E-state index contributed by atoms with van der Waals surface area (Å²) in [5.41, 5.74) is 0.692. The van der Waals surface area contributed by atoms with Crippen LogP contribution in [0, 0.1) is 10.1 Å². The molecule has 0 aliphatic rings. The molecule has 94 valence electrons. The number of hydrogen-bond acceptors (Lipinski definition) is 5. The lowest BCUT2D eigenvalue weighted by Crippen LogP contribution is -2.26. The zero-order valence-electron chi connectivity index (χ0n) is 9.75. The van der Waals surface area contributed by atoms with Gasteiger partial charge in [-0.3, -0.25) is 10.1 Å². The van der Waals surface area contributed by atoms with Crippen LogP contribution in [-0.4, -0.2) is 36.9 Å². The van der Waals surface area contributed by atoms with Crippen LogP contribution in [-0.2, 0) is 6.42 Å². The minimum Gasteiger partial charge on any atom is -0.497 e. The molecule has 6 nitrogen and oxygen atoms in total. The van der Waals surface area contributed by atoms with Gasteiger partial charge in [0.25, 0.3) is 0 Å². The fourth-order valence-electron chi connectivity index (χ4n) is 1.46. The third-order valence-corrected chi connectivity index (χ3v) is 2.39. The average molecular weight is 241 g/mol. The van der Waals surface area contributed by atoms with E-state index in [2.05, 4.69) is 0 Å². The molecule has 6 heteroatoms. The minimum atomic E-state index is -1.01. The van der Waals surface area contributed by atoms with Crippen molar-refractivity contribution in [3.8, 4) is 11.5 Å². The zero-order valence-corrected chi connectivity index (χ0v) is 9.75. The van der Waals surface area contributed by atoms with E-state index in [-0.39, 0.29) is 6.42 Å². The lowest BCUT2D eigenvalue weighted by Gasteiger charge is -2.10. The van der Waals surface area contributed by atoms with Crippen molar-refractivity contribution in [2.75, 3.05) is 20.8 Å². The van der Waals surface area contributed by atoms with Crippen molar-refractivity contribution in [1.29, 1.82) is 0 Å². The van der Waals surface area contributed by atoms with Gasteiger partial charge in [0.15, 0.2) is 0 Å². The molecule has 1 rings (SSSR count). The van der Waals surface area contributed by atoms with Crippen LogP contribution in [0.3, 0.4) is 0 Å². The highest BCUT2D eigenvalue weighted by molar-refractivity contribution is 5.38. The van der Waals surface area contributed by atoms with E-state index >= 15 is 0 Å². The Morgan fingerprint density at radius 1 is 1.29 bits per heavy atom. The molecule has 0 fully saturated rings. The molecule has 1 N–H and O–H groups in total. The maximum absolute atomic E-state index is 10.6. The first-order valence-corrected chi connectivity index (χ1v) is 5.07. The molecule has 1 atom stereocenters. The summed E-state index contributed by atoms with van der Waals surface area (Å²) in [6.07, 6.45) is 0.136. The van der Waals surface area contributed by atoms with Gasteiger partial charge in [-0.1, -0.05) is 0 Å². The lowest BCUT2D eigenvalue weighted by molar-refractivity contribution is -0.525. The fraction of sp³-hybridized carbons (Fsp3) is 0.455. The number of ether oxygens (including phenoxy) is 2. The molecule has 0 bridgehead atoms. The molecule has 0 amide bonds. The molecule has 17 heavy (non-hydrogen) atoms. The number of aliphatic hydroxyl groups excluding tert-OH is 1. The quantitative estimate of drug-likeness (QED) is 0.590. The number of nitro groups is 1. The molecule has 0 aliphatic heterocycles. The Balaban J connectivity index is 2.92. The Bertz CT molecular complexity index is 371.